The van der Waals surface area contributed by atoms with Gasteiger partial charge in [0.05, 0.1) is 5.56 Å². The van der Waals surface area contributed by atoms with Crippen molar-refractivity contribution < 1.29 is 13.6 Å². The quantitative estimate of drug-likeness (QED) is 0.867. The maximum absolute atomic E-state index is 13.5. The van der Waals surface area contributed by atoms with Crippen molar-refractivity contribution in [2.45, 2.75) is 32.7 Å². The zero-order valence-electron chi connectivity index (χ0n) is 10.8. The van der Waals surface area contributed by atoms with E-state index >= 15 is 0 Å². The maximum atomic E-state index is 13.5. The highest BCUT2D eigenvalue weighted by molar-refractivity contribution is 5.95. The molecule has 0 aliphatic heterocycles. The van der Waals surface area contributed by atoms with Gasteiger partial charge in [-0.2, -0.15) is 0 Å². The van der Waals surface area contributed by atoms with Crippen LogP contribution in [0.4, 0.5) is 8.78 Å². The third-order valence-electron chi connectivity index (χ3n) is 3.14. The Morgan fingerprint density at radius 1 is 1.39 bits per heavy atom. The monoisotopic (exact) mass is 256 g/mol. The Hall–Kier alpha value is -1.49. The lowest BCUT2D eigenvalue weighted by atomic mass is 9.98. The molecule has 0 aliphatic carbocycles. The molecule has 18 heavy (non-hydrogen) atoms. The molecule has 0 aliphatic rings. The molecule has 0 spiro atoms. The van der Waals surface area contributed by atoms with E-state index in [4.69, 9.17) is 5.73 Å². The third-order valence-corrected chi connectivity index (χ3v) is 3.14. The van der Waals surface area contributed by atoms with Gasteiger partial charge in [-0.3, -0.25) is 4.79 Å². The summed E-state index contributed by atoms with van der Waals surface area (Å²) in [5, 5.41) is 2.67. The number of rotatable bonds is 4. The molecule has 1 unspecified atom stereocenters. The van der Waals surface area contributed by atoms with Crippen LogP contribution in [0, 0.1) is 18.6 Å². The summed E-state index contributed by atoms with van der Waals surface area (Å²) in [5.74, 6) is -2.11. The Morgan fingerprint density at radius 3 is 2.50 bits per heavy atom. The van der Waals surface area contributed by atoms with Crippen LogP contribution in [-0.4, -0.2) is 18.0 Å². The summed E-state index contributed by atoms with van der Waals surface area (Å²) in [4.78, 5) is 11.9. The topological polar surface area (TPSA) is 55.1 Å². The molecular weight excluding hydrogens is 238 g/mol. The van der Waals surface area contributed by atoms with Crippen LogP contribution >= 0.6 is 0 Å². The van der Waals surface area contributed by atoms with Gasteiger partial charge in [0.15, 0.2) is 0 Å². The van der Waals surface area contributed by atoms with Crippen molar-refractivity contribution in [2.75, 3.05) is 6.54 Å². The molecule has 1 rings (SSSR count). The molecule has 0 radical (unpaired) electrons. The smallest absolute Gasteiger partial charge is 0.254 e. The Balaban J connectivity index is 3.01. The number of benzene rings is 1. The second kappa shape index (κ2) is 5.44. The van der Waals surface area contributed by atoms with Crippen LogP contribution in [0.15, 0.2) is 12.1 Å². The highest BCUT2D eigenvalue weighted by atomic mass is 19.1. The summed E-state index contributed by atoms with van der Waals surface area (Å²) >= 11 is 0. The van der Waals surface area contributed by atoms with Crippen molar-refractivity contribution in [2.24, 2.45) is 5.73 Å². The average Bonchev–Trinajstić information content (AvgIpc) is 2.33. The number of amides is 1. The zero-order valence-corrected chi connectivity index (χ0v) is 10.8. The molecule has 0 heterocycles. The number of aryl methyl sites for hydroxylation is 1. The van der Waals surface area contributed by atoms with Gasteiger partial charge in [-0.1, -0.05) is 6.92 Å². The van der Waals surface area contributed by atoms with E-state index in [9.17, 15) is 13.6 Å². The fourth-order valence-corrected chi connectivity index (χ4v) is 1.46. The number of nitrogens with two attached hydrogens (primary N) is 1. The summed E-state index contributed by atoms with van der Waals surface area (Å²) in [7, 11) is 0. The first-order chi connectivity index (χ1) is 8.33. The predicted octanol–water partition coefficient (Wildman–Crippen LogP) is 2.13. The SMILES string of the molecule is CCC(C)(CN)NC(=O)c1cc(C)c(F)cc1F. The normalized spacial score (nSPS) is 14.1. The van der Waals surface area contributed by atoms with Gasteiger partial charge < -0.3 is 11.1 Å². The Kier molecular flexibility index (Phi) is 4.40. The van der Waals surface area contributed by atoms with Gasteiger partial charge in [0, 0.05) is 18.2 Å². The van der Waals surface area contributed by atoms with Gasteiger partial charge in [-0.05, 0) is 31.9 Å². The summed E-state index contributed by atoms with van der Waals surface area (Å²) in [6, 6.07) is 1.92. The lowest BCUT2D eigenvalue weighted by Crippen LogP contribution is -2.51. The van der Waals surface area contributed by atoms with Crippen LogP contribution < -0.4 is 11.1 Å². The Labute approximate surface area is 105 Å². The van der Waals surface area contributed by atoms with Crippen LogP contribution in [0.3, 0.4) is 0 Å². The van der Waals surface area contributed by atoms with Gasteiger partial charge in [0.2, 0.25) is 0 Å². The molecule has 1 aromatic carbocycles. The van der Waals surface area contributed by atoms with E-state index in [0.717, 1.165) is 6.07 Å². The lowest BCUT2D eigenvalue weighted by Gasteiger charge is -2.28. The first-order valence-corrected chi connectivity index (χ1v) is 5.81. The van der Waals surface area contributed by atoms with Gasteiger partial charge in [0.1, 0.15) is 11.6 Å². The molecule has 1 aromatic rings. The molecule has 1 atom stereocenters. The molecule has 100 valence electrons. The van der Waals surface area contributed by atoms with Crippen molar-refractivity contribution in [3.05, 3.63) is 34.9 Å². The van der Waals surface area contributed by atoms with E-state index in [1.54, 1.807) is 6.92 Å². The van der Waals surface area contributed by atoms with Crippen molar-refractivity contribution in [1.29, 1.82) is 0 Å². The first-order valence-electron chi connectivity index (χ1n) is 5.81. The van der Waals surface area contributed by atoms with E-state index in [1.165, 1.54) is 13.0 Å². The third kappa shape index (κ3) is 3.04. The molecule has 5 heteroatoms. The lowest BCUT2D eigenvalue weighted by molar-refractivity contribution is 0.0902. The summed E-state index contributed by atoms with van der Waals surface area (Å²) < 4.78 is 26.6. The van der Waals surface area contributed by atoms with E-state index in [-0.39, 0.29) is 17.7 Å². The molecule has 0 fully saturated rings. The molecule has 3 N–H and O–H groups in total. The van der Waals surface area contributed by atoms with Gasteiger partial charge >= 0.3 is 0 Å². The van der Waals surface area contributed by atoms with Gasteiger partial charge in [-0.25, -0.2) is 8.78 Å². The molecular formula is C13H18F2N2O. The fraction of sp³-hybridized carbons (Fsp3) is 0.462. The van der Waals surface area contributed by atoms with Crippen molar-refractivity contribution >= 4 is 5.91 Å². The molecule has 0 saturated heterocycles. The van der Waals surface area contributed by atoms with Crippen molar-refractivity contribution in [3.63, 3.8) is 0 Å². The van der Waals surface area contributed by atoms with E-state index in [0.29, 0.717) is 6.42 Å². The predicted molar refractivity (Wildman–Crippen MR) is 66.3 cm³/mol. The standard InChI is InChI=1S/C13H18F2N2O/c1-4-13(3,7-16)17-12(18)9-5-8(2)10(14)6-11(9)15/h5-6H,4,7,16H2,1-3H3,(H,17,18). The second-order valence-corrected chi connectivity index (χ2v) is 4.65. The minimum atomic E-state index is -0.869. The summed E-state index contributed by atoms with van der Waals surface area (Å²) in [6.07, 6.45) is 0.622. The number of nitrogens with one attached hydrogen (secondary N) is 1. The highest BCUT2D eigenvalue weighted by Gasteiger charge is 2.24. The number of carbonyl (C=O) groups excluding carboxylic acids is 1. The van der Waals surface area contributed by atoms with Crippen molar-refractivity contribution in [1.82, 2.24) is 5.32 Å². The van der Waals surface area contributed by atoms with E-state index < -0.39 is 23.1 Å². The number of hydrogen-bond acceptors (Lipinski definition) is 2. The summed E-state index contributed by atoms with van der Waals surface area (Å²) in [5.41, 5.74) is 5.04. The average molecular weight is 256 g/mol. The maximum Gasteiger partial charge on any atom is 0.254 e. The van der Waals surface area contributed by atoms with Crippen LogP contribution in [-0.2, 0) is 0 Å². The Bertz CT molecular complexity index is 457. The van der Waals surface area contributed by atoms with Gasteiger partial charge in [-0.15, -0.1) is 0 Å². The zero-order chi connectivity index (χ0) is 13.9. The van der Waals surface area contributed by atoms with Gasteiger partial charge in [0.25, 0.3) is 5.91 Å². The van der Waals surface area contributed by atoms with Crippen LogP contribution in [0.5, 0.6) is 0 Å². The van der Waals surface area contributed by atoms with Crippen LogP contribution in [0.2, 0.25) is 0 Å². The molecule has 1 amide bonds. The van der Waals surface area contributed by atoms with Crippen LogP contribution in [0.1, 0.15) is 36.2 Å². The first kappa shape index (κ1) is 14.6. The minimum Gasteiger partial charge on any atom is -0.346 e. The molecule has 0 aromatic heterocycles. The highest BCUT2D eigenvalue weighted by Crippen LogP contribution is 2.16. The van der Waals surface area contributed by atoms with E-state index in [1.807, 2.05) is 6.92 Å². The molecule has 0 bridgehead atoms. The van der Waals surface area contributed by atoms with Crippen molar-refractivity contribution in [3.8, 4) is 0 Å². The summed E-state index contributed by atoms with van der Waals surface area (Å²) in [6.45, 7) is 5.38. The molecule has 0 saturated carbocycles. The van der Waals surface area contributed by atoms with Crippen LogP contribution in [0.25, 0.3) is 0 Å². The second-order valence-electron chi connectivity index (χ2n) is 4.65. The minimum absolute atomic E-state index is 0.165. The number of carbonyl (C=O) groups is 1. The number of halogens is 2. The number of hydrogen-bond donors (Lipinski definition) is 2. The molecule has 3 nitrogen and oxygen atoms in total. The fourth-order valence-electron chi connectivity index (χ4n) is 1.46. The van der Waals surface area contributed by atoms with E-state index in [2.05, 4.69) is 5.32 Å². The largest absolute Gasteiger partial charge is 0.346 e. The Morgan fingerprint density at radius 2 is 2.00 bits per heavy atom.